The van der Waals surface area contributed by atoms with Crippen molar-refractivity contribution < 1.29 is 15.2 Å². The minimum Gasteiger partial charge on any atom is -0.385 e. The number of aromatic nitrogens is 1. The highest BCUT2D eigenvalue weighted by molar-refractivity contribution is 7.18. The molecule has 0 fully saturated rings. The molecule has 3 N–H and O–H groups in total. The summed E-state index contributed by atoms with van der Waals surface area (Å²) in [7, 11) is 0. The van der Waals surface area contributed by atoms with Crippen LogP contribution < -0.4 is 5.32 Å². The molecule has 0 aliphatic heterocycles. The van der Waals surface area contributed by atoms with Gasteiger partial charge in [-0.25, -0.2) is 4.98 Å². The maximum Gasteiger partial charge on any atom is 0.148 e. The summed E-state index contributed by atoms with van der Waals surface area (Å²) in [5.74, 6) is 0. The highest BCUT2D eigenvalue weighted by atomic mass is 35.5. The second kappa shape index (κ2) is 8.74. The minimum absolute atomic E-state index is 0.0730. The van der Waals surface area contributed by atoms with E-state index in [9.17, 15) is 5.11 Å². The minimum atomic E-state index is -0.510. The van der Waals surface area contributed by atoms with Crippen LogP contribution in [0.1, 0.15) is 23.6 Å². The highest BCUT2D eigenvalue weighted by Gasteiger charge is 2.12. The molecule has 0 aliphatic rings. The van der Waals surface area contributed by atoms with Crippen molar-refractivity contribution in [3.05, 3.63) is 64.1 Å². The topological polar surface area (TPSA) is 59.0 Å². The maximum absolute atomic E-state index is 10.1. The number of para-hydroxylation sites is 1. The fraction of sp³-hybridized carbons (Fsp3) is 0.316. The molecule has 0 bridgehead atoms. The summed E-state index contributed by atoms with van der Waals surface area (Å²) in [5.41, 5.74) is 2.09. The average Bonchev–Trinajstić information content (AvgIpc) is 3.03. The number of halogens is 1. The van der Waals surface area contributed by atoms with E-state index in [-0.39, 0.29) is 6.10 Å². The number of nitrogens with zero attached hydrogens (tertiary/aromatic N) is 1. The molecule has 0 radical (unpaired) electrons. The fourth-order valence-electron chi connectivity index (χ4n) is 2.56. The number of aliphatic hydroxyl groups excluding tert-OH is 1. The van der Waals surface area contributed by atoms with E-state index in [0.717, 1.165) is 22.6 Å². The van der Waals surface area contributed by atoms with Crippen molar-refractivity contribution in [3.63, 3.8) is 0 Å². The number of nitrogens with two attached hydrogens (primary N) is 1. The molecule has 4 nitrogen and oxygen atoms in total. The number of hydrogen-bond donors (Lipinski definition) is 2. The molecule has 0 amide bonds. The van der Waals surface area contributed by atoms with Gasteiger partial charge < -0.3 is 15.2 Å². The summed E-state index contributed by atoms with van der Waals surface area (Å²) in [4.78, 5) is 4.59. The Labute approximate surface area is 156 Å². The molecule has 25 heavy (non-hydrogen) atoms. The Morgan fingerprint density at radius 2 is 1.96 bits per heavy atom. The van der Waals surface area contributed by atoms with Crippen LogP contribution in [0.3, 0.4) is 0 Å². The van der Waals surface area contributed by atoms with E-state index in [0.29, 0.717) is 18.2 Å². The second-order valence-electron chi connectivity index (χ2n) is 5.98. The molecule has 1 aromatic heterocycles. The van der Waals surface area contributed by atoms with Gasteiger partial charge in [0.2, 0.25) is 0 Å². The standard InChI is InChI=1S/C19H21ClN2O2S/c1-13(14-6-8-15(20)9-7-14)24-12-16(23)10-21-11-19-22-17-4-2-3-5-18(17)25-19/h2-9,13,16,21,23H,10-12H2,1H3/p+1/t13-,16-/m1/s1. The number of aliphatic hydroxyl groups is 1. The number of ether oxygens (including phenoxy) is 1. The van der Waals surface area contributed by atoms with E-state index in [2.05, 4.69) is 16.4 Å². The Kier molecular flexibility index (Phi) is 6.39. The molecule has 0 unspecified atom stereocenters. The van der Waals surface area contributed by atoms with Gasteiger partial charge in [0.05, 0.1) is 22.9 Å². The van der Waals surface area contributed by atoms with E-state index < -0.39 is 6.10 Å². The molecule has 2 atom stereocenters. The zero-order valence-corrected chi connectivity index (χ0v) is 15.6. The van der Waals surface area contributed by atoms with Crippen molar-refractivity contribution in [3.8, 4) is 0 Å². The molecule has 0 saturated heterocycles. The third kappa shape index (κ3) is 5.23. The number of fused-ring (bicyclic) bond motifs is 1. The molecular formula is C19H22ClN2O2S+. The van der Waals surface area contributed by atoms with Crippen LogP contribution in [0.25, 0.3) is 10.2 Å². The third-order valence-corrected chi connectivity index (χ3v) is 5.28. The Morgan fingerprint density at radius 1 is 1.20 bits per heavy atom. The van der Waals surface area contributed by atoms with Gasteiger partial charge in [-0.15, -0.1) is 11.3 Å². The Balaban J connectivity index is 1.40. The zero-order valence-electron chi connectivity index (χ0n) is 14.1. The lowest BCUT2D eigenvalue weighted by molar-refractivity contribution is -0.676. The van der Waals surface area contributed by atoms with Crippen LogP contribution in [0.2, 0.25) is 5.02 Å². The van der Waals surface area contributed by atoms with Crippen molar-refractivity contribution in [2.24, 2.45) is 0 Å². The summed E-state index contributed by atoms with van der Waals surface area (Å²) >= 11 is 7.59. The largest absolute Gasteiger partial charge is 0.385 e. The SMILES string of the molecule is C[C@@H](OC[C@H](O)C[NH2+]Cc1nc2ccccc2s1)c1ccc(Cl)cc1. The predicted molar refractivity (Wildman–Crippen MR) is 102 cm³/mol. The first-order valence-electron chi connectivity index (χ1n) is 8.33. The Morgan fingerprint density at radius 3 is 2.72 bits per heavy atom. The van der Waals surface area contributed by atoms with Gasteiger partial charge in [0.25, 0.3) is 0 Å². The quantitative estimate of drug-likeness (QED) is 0.634. The van der Waals surface area contributed by atoms with Crippen LogP contribution in [0.15, 0.2) is 48.5 Å². The molecule has 3 aromatic rings. The van der Waals surface area contributed by atoms with Crippen molar-refractivity contribution in [1.82, 2.24) is 4.98 Å². The first-order chi connectivity index (χ1) is 12.1. The van der Waals surface area contributed by atoms with Crippen LogP contribution in [0.4, 0.5) is 0 Å². The van der Waals surface area contributed by atoms with Gasteiger partial charge in [-0.1, -0.05) is 35.9 Å². The number of thiazole rings is 1. The van der Waals surface area contributed by atoms with Crippen LogP contribution in [0.5, 0.6) is 0 Å². The molecule has 0 spiro atoms. The van der Waals surface area contributed by atoms with E-state index in [1.54, 1.807) is 11.3 Å². The number of quaternary nitrogens is 1. The summed E-state index contributed by atoms with van der Waals surface area (Å²) in [5, 5.41) is 14.0. The van der Waals surface area contributed by atoms with Gasteiger partial charge in [0, 0.05) is 5.02 Å². The van der Waals surface area contributed by atoms with Gasteiger partial charge in [-0.05, 0) is 36.8 Å². The van der Waals surface area contributed by atoms with E-state index in [1.165, 1.54) is 4.70 Å². The summed E-state index contributed by atoms with van der Waals surface area (Å²) < 4.78 is 6.95. The predicted octanol–water partition coefficient (Wildman–Crippen LogP) is 3.15. The van der Waals surface area contributed by atoms with Gasteiger partial charge in [-0.3, -0.25) is 0 Å². The Hall–Kier alpha value is -1.50. The summed E-state index contributed by atoms with van der Waals surface area (Å²) in [6.45, 7) is 3.63. The molecule has 1 heterocycles. The normalized spacial score (nSPS) is 13.9. The first kappa shape index (κ1) is 18.3. The molecular weight excluding hydrogens is 356 g/mol. The molecule has 132 valence electrons. The fourth-order valence-corrected chi connectivity index (χ4v) is 3.65. The number of hydrogen-bond acceptors (Lipinski definition) is 4. The molecule has 0 saturated carbocycles. The highest BCUT2D eigenvalue weighted by Crippen LogP contribution is 2.21. The van der Waals surface area contributed by atoms with E-state index >= 15 is 0 Å². The molecule has 2 aromatic carbocycles. The van der Waals surface area contributed by atoms with E-state index in [1.807, 2.05) is 49.4 Å². The van der Waals surface area contributed by atoms with Crippen molar-refractivity contribution in [1.29, 1.82) is 0 Å². The summed E-state index contributed by atoms with van der Waals surface area (Å²) in [6.07, 6.45) is -0.583. The Bertz CT molecular complexity index is 774. The third-order valence-electron chi connectivity index (χ3n) is 3.97. The monoisotopic (exact) mass is 377 g/mol. The van der Waals surface area contributed by atoms with Crippen LogP contribution in [-0.2, 0) is 11.3 Å². The lowest BCUT2D eigenvalue weighted by Crippen LogP contribution is -2.85. The lowest BCUT2D eigenvalue weighted by Gasteiger charge is -2.16. The first-order valence-corrected chi connectivity index (χ1v) is 9.52. The average molecular weight is 378 g/mol. The van der Waals surface area contributed by atoms with Crippen molar-refractivity contribution >= 4 is 33.2 Å². The maximum atomic E-state index is 10.1. The molecule has 6 heteroatoms. The summed E-state index contributed by atoms with van der Waals surface area (Å²) in [6, 6.07) is 15.7. The van der Waals surface area contributed by atoms with Gasteiger partial charge in [0.1, 0.15) is 24.2 Å². The van der Waals surface area contributed by atoms with Crippen molar-refractivity contribution in [2.75, 3.05) is 13.2 Å². The van der Waals surface area contributed by atoms with E-state index in [4.69, 9.17) is 16.3 Å². The molecule has 0 aliphatic carbocycles. The zero-order chi connectivity index (χ0) is 17.6. The number of rotatable bonds is 8. The van der Waals surface area contributed by atoms with Gasteiger partial charge in [-0.2, -0.15) is 0 Å². The second-order valence-corrected chi connectivity index (χ2v) is 7.54. The smallest absolute Gasteiger partial charge is 0.148 e. The van der Waals surface area contributed by atoms with Gasteiger partial charge >= 0.3 is 0 Å². The van der Waals surface area contributed by atoms with Crippen molar-refractivity contribution in [2.45, 2.75) is 25.7 Å². The van der Waals surface area contributed by atoms with Crippen LogP contribution >= 0.6 is 22.9 Å². The number of benzene rings is 2. The van der Waals surface area contributed by atoms with Crippen LogP contribution in [-0.4, -0.2) is 29.3 Å². The molecule has 3 rings (SSSR count). The van der Waals surface area contributed by atoms with Crippen LogP contribution in [0, 0.1) is 0 Å². The lowest BCUT2D eigenvalue weighted by atomic mass is 10.1. The van der Waals surface area contributed by atoms with Gasteiger partial charge in [0.15, 0.2) is 0 Å².